The molecule has 0 aliphatic carbocycles. The average Bonchev–Trinajstić information content (AvgIpc) is 2.25. The van der Waals surface area contributed by atoms with Gasteiger partial charge in [0.15, 0.2) is 0 Å². The van der Waals surface area contributed by atoms with Gasteiger partial charge < -0.3 is 0 Å². The highest BCUT2D eigenvalue weighted by Crippen LogP contribution is 2.07. The summed E-state index contributed by atoms with van der Waals surface area (Å²) in [6.07, 6.45) is 8.02. The minimum Gasteiger partial charge on any atom is -0.300 e. The molecule has 0 N–H and O–H groups in total. The Balaban J connectivity index is 3.30. The molecule has 2 nitrogen and oxygen atoms in total. The molecular weight excluding hydrogens is 188 g/mol. The fourth-order valence-corrected chi connectivity index (χ4v) is 1.51. The van der Waals surface area contributed by atoms with E-state index in [9.17, 15) is 9.59 Å². The number of Topliss-reactive ketones (excluding diaryl/α,β-unsaturated/α-hetero) is 2. The Labute approximate surface area is 93.4 Å². The summed E-state index contributed by atoms with van der Waals surface area (Å²) in [6.45, 7) is 4.03. The van der Waals surface area contributed by atoms with Gasteiger partial charge in [-0.2, -0.15) is 0 Å². The SMILES string of the molecule is CCCCCCCC(=O)CCC(=O)CC. The van der Waals surface area contributed by atoms with Crippen molar-refractivity contribution in [3.8, 4) is 0 Å². The Bertz CT molecular complexity index is 185. The van der Waals surface area contributed by atoms with Crippen molar-refractivity contribution in [1.29, 1.82) is 0 Å². The fourth-order valence-electron chi connectivity index (χ4n) is 1.51. The van der Waals surface area contributed by atoms with E-state index in [0.29, 0.717) is 25.7 Å². The third-order valence-corrected chi connectivity index (χ3v) is 2.64. The van der Waals surface area contributed by atoms with Gasteiger partial charge >= 0.3 is 0 Å². The highest BCUT2D eigenvalue weighted by Gasteiger charge is 2.04. The molecule has 0 heterocycles. The maximum Gasteiger partial charge on any atom is 0.133 e. The second kappa shape index (κ2) is 9.88. The van der Waals surface area contributed by atoms with Gasteiger partial charge in [0.25, 0.3) is 0 Å². The summed E-state index contributed by atoms with van der Waals surface area (Å²) in [5.41, 5.74) is 0. The normalized spacial score (nSPS) is 10.3. The molecule has 0 spiro atoms. The van der Waals surface area contributed by atoms with E-state index in [1.807, 2.05) is 6.92 Å². The van der Waals surface area contributed by atoms with Gasteiger partial charge in [0, 0.05) is 25.7 Å². The Hall–Kier alpha value is -0.660. The van der Waals surface area contributed by atoms with Crippen molar-refractivity contribution < 1.29 is 9.59 Å². The van der Waals surface area contributed by atoms with E-state index in [2.05, 4.69) is 6.92 Å². The van der Waals surface area contributed by atoms with Crippen LogP contribution in [0.2, 0.25) is 0 Å². The molecule has 0 saturated carbocycles. The van der Waals surface area contributed by atoms with Crippen LogP contribution in [0.15, 0.2) is 0 Å². The van der Waals surface area contributed by atoms with Crippen molar-refractivity contribution >= 4 is 11.6 Å². The molecule has 0 unspecified atom stereocenters. The number of rotatable bonds is 10. The Morgan fingerprint density at radius 2 is 1.33 bits per heavy atom. The Morgan fingerprint density at radius 1 is 0.733 bits per heavy atom. The van der Waals surface area contributed by atoms with E-state index in [-0.39, 0.29) is 11.6 Å². The largest absolute Gasteiger partial charge is 0.300 e. The third kappa shape index (κ3) is 9.64. The summed E-state index contributed by atoms with van der Waals surface area (Å²) in [4.78, 5) is 22.3. The summed E-state index contributed by atoms with van der Waals surface area (Å²) >= 11 is 0. The second-order valence-corrected chi connectivity index (χ2v) is 4.10. The van der Waals surface area contributed by atoms with Crippen LogP contribution in [0.25, 0.3) is 0 Å². The third-order valence-electron chi connectivity index (χ3n) is 2.64. The highest BCUT2D eigenvalue weighted by molar-refractivity contribution is 5.85. The predicted molar refractivity (Wildman–Crippen MR) is 62.9 cm³/mol. The molecule has 0 aromatic rings. The molecule has 0 aromatic carbocycles. The first-order chi connectivity index (χ1) is 7.20. The summed E-state index contributed by atoms with van der Waals surface area (Å²) in [6, 6.07) is 0. The average molecular weight is 212 g/mol. The molecular formula is C13H24O2. The smallest absolute Gasteiger partial charge is 0.133 e. The van der Waals surface area contributed by atoms with Gasteiger partial charge in [0.2, 0.25) is 0 Å². The molecule has 0 fully saturated rings. The van der Waals surface area contributed by atoms with E-state index in [1.54, 1.807) is 0 Å². The van der Waals surface area contributed by atoms with Crippen LogP contribution < -0.4 is 0 Å². The fraction of sp³-hybridized carbons (Fsp3) is 0.846. The Kier molecular flexibility index (Phi) is 9.44. The summed E-state index contributed by atoms with van der Waals surface area (Å²) in [5, 5.41) is 0. The van der Waals surface area contributed by atoms with Gasteiger partial charge in [-0.3, -0.25) is 9.59 Å². The molecule has 0 rings (SSSR count). The topological polar surface area (TPSA) is 34.1 Å². The van der Waals surface area contributed by atoms with Gasteiger partial charge in [-0.1, -0.05) is 39.5 Å². The highest BCUT2D eigenvalue weighted by atomic mass is 16.1. The molecule has 0 aliphatic rings. The lowest BCUT2D eigenvalue weighted by Crippen LogP contribution is -2.03. The van der Waals surface area contributed by atoms with E-state index < -0.39 is 0 Å². The zero-order valence-electron chi connectivity index (χ0n) is 10.2. The molecule has 15 heavy (non-hydrogen) atoms. The van der Waals surface area contributed by atoms with Crippen molar-refractivity contribution in [3.63, 3.8) is 0 Å². The maximum atomic E-state index is 11.3. The standard InChI is InChI=1S/C13H24O2/c1-3-5-6-7-8-9-13(15)11-10-12(14)4-2/h3-11H2,1-2H3. The zero-order valence-corrected chi connectivity index (χ0v) is 10.2. The molecule has 0 amide bonds. The molecule has 0 radical (unpaired) electrons. The van der Waals surface area contributed by atoms with Crippen LogP contribution in [-0.4, -0.2) is 11.6 Å². The molecule has 0 saturated heterocycles. The minimum absolute atomic E-state index is 0.203. The van der Waals surface area contributed by atoms with Crippen LogP contribution in [-0.2, 0) is 9.59 Å². The van der Waals surface area contributed by atoms with E-state index in [0.717, 1.165) is 12.8 Å². The Morgan fingerprint density at radius 3 is 1.93 bits per heavy atom. The number of unbranched alkanes of at least 4 members (excludes halogenated alkanes) is 4. The van der Waals surface area contributed by atoms with Gasteiger partial charge in [0.05, 0.1) is 0 Å². The van der Waals surface area contributed by atoms with Gasteiger partial charge in [0.1, 0.15) is 11.6 Å². The van der Waals surface area contributed by atoms with Crippen LogP contribution in [0, 0.1) is 0 Å². The number of carbonyl (C=O) groups excluding carboxylic acids is 2. The number of ketones is 2. The molecule has 2 heteroatoms. The molecule has 0 atom stereocenters. The van der Waals surface area contributed by atoms with Gasteiger partial charge in [-0.05, 0) is 6.42 Å². The number of carbonyl (C=O) groups is 2. The first kappa shape index (κ1) is 14.3. The van der Waals surface area contributed by atoms with Crippen molar-refractivity contribution in [2.24, 2.45) is 0 Å². The van der Waals surface area contributed by atoms with Gasteiger partial charge in [-0.15, -0.1) is 0 Å². The zero-order chi connectivity index (χ0) is 11.5. The minimum atomic E-state index is 0.203. The van der Waals surface area contributed by atoms with Crippen molar-refractivity contribution in [1.82, 2.24) is 0 Å². The van der Waals surface area contributed by atoms with E-state index in [4.69, 9.17) is 0 Å². The molecule has 0 aliphatic heterocycles. The molecule has 0 aromatic heterocycles. The quantitative estimate of drug-likeness (QED) is 0.518. The first-order valence-electron chi connectivity index (χ1n) is 6.24. The summed E-state index contributed by atoms with van der Waals surface area (Å²) < 4.78 is 0. The lowest BCUT2D eigenvalue weighted by Gasteiger charge is -2.00. The van der Waals surface area contributed by atoms with E-state index >= 15 is 0 Å². The lowest BCUT2D eigenvalue weighted by atomic mass is 10.0. The maximum absolute atomic E-state index is 11.3. The van der Waals surface area contributed by atoms with Crippen LogP contribution in [0.5, 0.6) is 0 Å². The molecule has 88 valence electrons. The number of hydrogen-bond donors (Lipinski definition) is 0. The van der Waals surface area contributed by atoms with Crippen molar-refractivity contribution in [2.75, 3.05) is 0 Å². The molecule has 0 bridgehead atoms. The monoisotopic (exact) mass is 212 g/mol. The first-order valence-corrected chi connectivity index (χ1v) is 6.24. The predicted octanol–water partition coefficient (Wildman–Crippen LogP) is 3.68. The van der Waals surface area contributed by atoms with Gasteiger partial charge in [-0.25, -0.2) is 0 Å². The van der Waals surface area contributed by atoms with Crippen LogP contribution in [0.1, 0.15) is 71.6 Å². The van der Waals surface area contributed by atoms with E-state index in [1.165, 1.54) is 19.3 Å². The number of hydrogen-bond acceptors (Lipinski definition) is 2. The van der Waals surface area contributed by atoms with Crippen molar-refractivity contribution in [2.45, 2.75) is 71.6 Å². The summed E-state index contributed by atoms with van der Waals surface area (Å²) in [5.74, 6) is 0.461. The summed E-state index contributed by atoms with van der Waals surface area (Å²) in [7, 11) is 0. The van der Waals surface area contributed by atoms with Crippen LogP contribution in [0.4, 0.5) is 0 Å². The van der Waals surface area contributed by atoms with Crippen molar-refractivity contribution in [3.05, 3.63) is 0 Å². The lowest BCUT2D eigenvalue weighted by molar-refractivity contribution is -0.124. The van der Waals surface area contributed by atoms with Crippen LogP contribution in [0.3, 0.4) is 0 Å². The second-order valence-electron chi connectivity index (χ2n) is 4.10. The van der Waals surface area contributed by atoms with Crippen LogP contribution >= 0.6 is 0 Å².